The first kappa shape index (κ1) is 12.0. The molecule has 0 saturated heterocycles. The van der Waals surface area contributed by atoms with Crippen molar-refractivity contribution in [3.63, 3.8) is 0 Å². The van der Waals surface area contributed by atoms with Crippen molar-refractivity contribution >= 4 is 11.7 Å². The highest BCUT2D eigenvalue weighted by Gasteiger charge is 2.29. The molecule has 0 spiro atoms. The van der Waals surface area contributed by atoms with Crippen LogP contribution < -0.4 is 4.90 Å². The minimum atomic E-state index is -0.712. The van der Waals surface area contributed by atoms with Gasteiger partial charge in [0.1, 0.15) is 0 Å². The molecule has 1 N–H and O–H groups in total. The van der Waals surface area contributed by atoms with Crippen LogP contribution in [0.25, 0.3) is 0 Å². The van der Waals surface area contributed by atoms with Crippen LogP contribution in [0.4, 0.5) is 5.69 Å². The largest absolute Gasteiger partial charge is 0.481 e. The van der Waals surface area contributed by atoms with Gasteiger partial charge in [-0.2, -0.15) is 0 Å². The van der Waals surface area contributed by atoms with E-state index >= 15 is 0 Å². The monoisotopic (exact) mass is 233 g/mol. The zero-order valence-corrected chi connectivity index (χ0v) is 10.4. The number of carboxylic acid groups (broad SMARTS) is 1. The van der Waals surface area contributed by atoms with Crippen LogP contribution >= 0.6 is 0 Å². The van der Waals surface area contributed by atoms with Crippen LogP contribution in [-0.4, -0.2) is 24.2 Å². The van der Waals surface area contributed by atoms with Gasteiger partial charge >= 0.3 is 5.97 Å². The predicted molar refractivity (Wildman–Crippen MR) is 68.5 cm³/mol. The van der Waals surface area contributed by atoms with E-state index in [-0.39, 0.29) is 12.3 Å². The van der Waals surface area contributed by atoms with Crippen LogP contribution in [0.1, 0.15) is 31.7 Å². The summed E-state index contributed by atoms with van der Waals surface area (Å²) >= 11 is 0. The van der Waals surface area contributed by atoms with Gasteiger partial charge in [-0.25, -0.2) is 0 Å². The Morgan fingerprint density at radius 2 is 2.18 bits per heavy atom. The molecule has 1 aliphatic heterocycles. The lowest BCUT2D eigenvalue weighted by atomic mass is 9.98. The van der Waals surface area contributed by atoms with Crippen molar-refractivity contribution in [2.24, 2.45) is 5.92 Å². The molecule has 3 heteroatoms. The van der Waals surface area contributed by atoms with Gasteiger partial charge in [0.15, 0.2) is 0 Å². The Morgan fingerprint density at radius 1 is 1.47 bits per heavy atom. The van der Waals surface area contributed by atoms with E-state index in [9.17, 15) is 4.79 Å². The molecule has 0 aliphatic carbocycles. The lowest BCUT2D eigenvalue weighted by molar-refractivity contribution is -0.137. The summed E-state index contributed by atoms with van der Waals surface area (Å²) in [7, 11) is 0. The van der Waals surface area contributed by atoms with E-state index in [2.05, 4.69) is 30.9 Å². The summed E-state index contributed by atoms with van der Waals surface area (Å²) in [6.45, 7) is 6.21. The number of hydrogen-bond donors (Lipinski definition) is 1. The zero-order valence-electron chi connectivity index (χ0n) is 10.4. The van der Waals surface area contributed by atoms with E-state index in [1.54, 1.807) is 0 Å². The standard InChI is InChI=1S/C14H19NO2/c1-10(2)8-15-9-11(7-14(16)17)12-5-3-4-6-13(12)15/h3-6,10-11H,7-9H2,1-2H3,(H,16,17). The van der Waals surface area contributed by atoms with E-state index in [0.29, 0.717) is 5.92 Å². The van der Waals surface area contributed by atoms with Gasteiger partial charge in [0, 0.05) is 24.7 Å². The number of carbonyl (C=O) groups is 1. The van der Waals surface area contributed by atoms with Crippen molar-refractivity contribution in [3.05, 3.63) is 29.8 Å². The van der Waals surface area contributed by atoms with Crippen LogP contribution in [0.15, 0.2) is 24.3 Å². The molecular formula is C14H19NO2. The maximum atomic E-state index is 10.9. The zero-order chi connectivity index (χ0) is 12.4. The molecule has 1 aromatic carbocycles. The van der Waals surface area contributed by atoms with Crippen LogP contribution in [0.2, 0.25) is 0 Å². The van der Waals surface area contributed by atoms with Crippen LogP contribution in [0, 0.1) is 5.92 Å². The van der Waals surface area contributed by atoms with E-state index in [4.69, 9.17) is 5.11 Å². The van der Waals surface area contributed by atoms with Crippen molar-refractivity contribution in [2.45, 2.75) is 26.2 Å². The lowest BCUT2D eigenvalue weighted by Gasteiger charge is -2.21. The van der Waals surface area contributed by atoms with Crippen molar-refractivity contribution in [1.82, 2.24) is 0 Å². The molecule has 17 heavy (non-hydrogen) atoms. The quantitative estimate of drug-likeness (QED) is 0.869. The summed E-state index contributed by atoms with van der Waals surface area (Å²) in [5.74, 6) is 0.0188. The van der Waals surface area contributed by atoms with Crippen molar-refractivity contribution < 1.29 is 9.90 Å². The maximum absolute atomic E-state index is 10.9. The summed E-state index contributed by atoms with van der Waals surface area (Å²) < 4.78 is 0. The van der Waals surface area contributed by atoms with Crippen molar-refractivity contribution in [1.29, 1.82) is 0 Å². The minimum absolute atomic E-state index is 0.141. The molecule has 0 saturated carbocycles. The molecule has 0 radical (unpaired) electrons. The van der Waals surface area contributed by atoms with Gasteiger partial charge in [0.2, 0.25) is 0 Å². The Morgan fingerprint density at radius 3 is 2.82 bits per heavy atom. The van der Waals surface area contributed by atoms with Gasteiger partial charge < -0.3 is 10.0 Å². The van der Waals surface area contributed by atoms with Crippen LogP contribution in [0.5, 0.6) is 0 Å². The second-order valence-electron chi connectivity index (χ2n) is 5.15. The molecule has 1 aromatic rings. The van der Waals surface area contributed by atoms with Gasteiger partial charge in [0.05, 0.1) is 6.42 Å². The number of carboxylic acids is 1. The number of nitrogens with zero attached hydrogens (tertiary/aromatic N) is 1. The molecule has 0 amide bonds. The highest BCUT2D eigenvalue weighted by molar-refractivity contribution is 5.71. The summed E-state index contributed by atoms with van der Waals surface area (Å²) in [6, 6.07) is 8.17. The molecule has 1 atom stereocenters. The second-order valence-corrected chi connectivity index (χ2v) is 5.15. The lowest BCUT2D eigenvalue weighted by Crippen LogP contribution is -2.26. The first-order valence-corrected chi connectivity index (χ1v) is 6.13. The molecule has 3 nitrogen and oxygen atoms in total. The SMILES string of the molecule is CC(C)CN1CC(CC(=O)O)c2ccccc21. The number of hydrogen-bond acceptors (Lipinski definition) is 2. The fourth-order valence-corrected chi connectivity index (χ4v) is 2.58. The van der Waals surface area contributed by atoms with Gasteiger partial charge in [-0.15, -0.1) is 0 Å². The Bertz CT molecular complexity index is 414. The van der Waals surface area contributed by atoms with E-state index in [1.165, 1.54) is 11.3 Å². The number of fused-ring (bicyclic) bond motifs is 1. The van der Waals surface area contributed by atoms with Gasteiger partial charge in [-0.3, -0.25) is 4.79 Å². The van der Waals surface area contributed by atoms with E-state index in [1.807, 2.05) is 12.1 Å². The number of rotatable bonds is 4. The Hall–Kier alpha value is -1.51. The third-order valence-electron chi connectivity index (χ3n) is 3.16. The molecule has 0 bridgehead atoms. The highest BCUT2D eigenvalue weighted by atomic mass is 16.4. The van der Waals surface area contributed by atoms with E-state index in [0.717, 1.165) is 13.1 Å². The maximum Gasteiger partial charge on any atom is 0.304 e. The summed E-state index contributed by atoms with van der Waals surface area (Å²) in [5, 5.41) is 8.95. The predicted octanol–water partition coefficient (Wildman–Crippen LogP) is 2.72. The highest BCUT2D eigenvalue weighted by Crippen LogP contribution is 2.38. The van der Waals surface area contributed by atoms with Crippen molar-refractivity contribution in [2.75, 3.05) is 18.0 Å². The topological polar surface area (TPSA) is 40.5 Å². The Balaban J connectivity index is 2.23. The molecule has 2 rings (SSSR count). The summed E-state index contributed by atoms with van der Waals surface area (Å²) in [6.07, 6.45) is 0.228. The first-order chi connectivity index (χ1) is 8.08. The average Bonchev–Trinajstić information content (AvgIpc) is 2.56. The molecular weight excluding hydrogens is 214 g/mol. The molecule has 1 unspecified atom stereocenters. The third-order valence-corrected chi connectivity index (χ3v) is 3.16. The molecule has 1 heterocycles. The second kappa shape index (κ2) is 4.78. The number of benzene rings is 1. The fourth-order valence-electron chi connectivity index (χ4n) is 2.58. The minimum Gasteiger partial charge on any atom is -0.481 e. The third kappa shape index (κ3) is 2.60. The normalized spacial score (nSPS) is 18.5. The molecule has 92 valence electrons. The first-order valence-electron chi connectivity index (χ1n) is 6.13. The molecule has 1 aliphatic rings. The van der Waals surface area contributed by atoms with Gasteiger partial charge in [-0.1, -0.05) is 32.0 Å². The fraction of sp³-hybridized carbons (Fsp3) is 0.500. The van der Waals surface area contributed by atoms with Gasteiger partial charge in [-0.05, 0) is 17.5 Å². The number of aliphatic carboxylic acids is 1. The van der Waals surface area contributed by atoms with E-state index < -0.39 is 5.97 Å². The molecule has 0 aromatic heterocycles. The smallest absolute Gasteiger partial charge is 0.304 e. The number of anilines is 1. The average molecular weight is 233 g/mol. The summed E-state index contributed by atoms with van der Waals surface area (Å²) in [4.78, 5) is 13.2. The van der Waals surface area contributed by atoms with Crippen molar-refractivity contribution in [3.8, 4) is 0 Å². The van der Waals surface area contributed by atoms with Crippen LogP contribution in [0.3, 0.4) is 0 Å². The summed E-state index contributed by atoms with van der Waals surface area (Å²) in [5.41, 5.74) is 2.41. The number of para-hydroxylation sites is 1. The van der Waals surface area contributed by atoms with Crippen LogP contribution in [-0.2, 0) is 4.79 Å². The Labute approximate surface area is 102 Å². The Kier molecular flexibility index (Phi) is 3.36. The van der Waals surface area contributed by atoms with Gasteiger partial charge in [0.25, 0.3) is 0 Å². The molecule has 0 fully saturated rings.